The molecule has 0 spiro atoms. The van der Waals surface area contributed by atoms with Crippen molar-refractivity contribution >= 4 is 11.3 Å². The second-order valence-electron chi connectivity index (χ2n) is 4.43. The number of fused-ring (bicyclic) bond motifs is 1. The van der Waals surface area contributed by atoms with Gasteiger partial charge in [-0.15, -0.1) is 11.3 Å². The highest BCUT2D eigenvalue weighted by Crippen LogP contribution is 2.32. The molecule has 1 aliphatic rings. The van der Waals surface area contributed by atoms with Gasteiger partial charge >= 0.3 is 0 Å². The zero-order valence-electron chi connectivity index (χ0n) is 9.62. The average molecular weight is 225 g/mol. The van der Waals surface area contributed by atoms with Gasteiger partial charge in [-0.1, -0.05) is 13.8 Å². The van der Waals surface area contributed by atoms with Crippen LogP contribution in [0.1, 0.15) is 30.3 Å². The van der Waals surface area contributed by atoms with Gasteiger partial charge in [0.1, 0.15) is 0 Å². The minimum absolute atomic E-state index is 0.277. The molecule has 2 rings (SSSR count). The van der Waals surface area contributed by atoms with Crippen LogP contribution >= 0.6 is 11.3 Å². The van der Waals surface area contributed by atoms with Crippen LogP contribution in [-0.4, -0.2) is 19.8 Å². The lowest BCUT2D eigenvalue weighted by molar-refractivity contribution is 0.0311. The Labute approximate surface area is 95.6 Å². The SMILES string of the molecule is COC(C(C)C)C1NCCc2sccc21. The fourth-order valence-corrected chi connectivity index (χ4v) is 3.30. The molecule has 2 heterocycles. The van der Waals surface area contributed by atoms with E-state index in [0.29, 0.717) is 12.0 Å². The van der Waals surface area contributed by atoms with Crippen molar-refractivity contribution < 1.29 is 4.74 Å². The molecule has 0 saturated heterocycles. The third kappa shape index (κ3) is 2.10. The molecule has 15 heavy (non-hydrogen) atoms. The minimum Gasteiger partial charge on any atom is -0.379 e. The highest BCUT2D eigenvalue weighted by Gasteiger charge is 2.30. The Morgan fingerprint density at radius 2 is 2.33 bits per heavy atom. The van der Waals surface area contributed by atoms with Crippen molar-refractivity contribution in [2.45, 2.75) is 32.4 Å². The Morgan fingerprint density at radius 1 is 1.53 bits per heavy atom. The second-order valence-corrected chi connectivity index (χ2v) is 5.43. The fraction of sp³-hybridized carbons (Fsp3) is 0.667. The molecule has 0 bridgehead atoms. The summed E-state index contributed by atoms with van der Waals surface area (Å²) in [4.78, 5) is 1.53. The van der Waals surface area contributed by atoms with E-state index in [1.54, 1.807) is 0 Å². The molecular weight excluding hydrogens is 206 g/mol. The maximum Gasteiger partial charge on any atom is 0.0789 e. The largest absolute Gasteiger partial charge is 0.379 e. The van der Waals surface area contributed by atoms with Crippen molar-refractivity contribution in [1.82, 2.24) is 5.32 Å². The number of hydrogen-bond acceptors (Lipinski definition) is 3. The lowest BCUT2D eigenvalue weighted by Gasteiger charge is -2.33. The van der Waals surface area contributed by atoms with Crippen LogP contribution in [0.15, 0.2) is 11.4 Å². The van der Waals surface area contributed by atoms with Crippen LogP contribution in [0.2, 0.25) is 0 Å². The van der Waals surface area contributed by atoms with Gasteiger partial charge in [-0.05, 0) is 29.3 Å². The van der Waals surface area contributed by atoms with Crippen molar-refractivity contribution in [3.05, 3.63) is 21.9 Å². The van der Waals surface area contributed by atoms with E-state index in [-0.39, 0.29) is 6.10 Å². The maximum atomic E-state index is 5.62. The zero-order chi connectivity index (χ0) is 10.8. The van der Waals surface area contributed by atoms with Crippen LogP contribution in [0.5, 0.6) is 0 Å². The molecule has 1 aromatic rings. The molecule has 0 amide bonds. The molecule has 0 saturated carbocycles. The first-order valence-corrected chi connectivity index (χ1v) is 6.44. The summed E-state index contributed by atoms with van der Waals surface area (Å²) in [5.41, 5.74) is 1.45. The van der Waals surface area contributed by atoms with Crippen LogP contribution in [-0.2, 0) is 11.2 Å². The van der Waals surface area contributed by atoms with E-state index >= 15 is 0 Å². The molecular formula is C12H19NOS. The first-order valence-electron chi connectivity index (χ1n) is 5.56. The van der Waals surface area contributed by atoms with Crippen LogP contribution in [0.3, 0.4) is 0 Å². The van der Waals surface area contributed by atoms with Crippen molar-refractivity contribution in [3.8, 4) is 0 Å². The predicted octanol–water partition coefficient (Wildman–Crippen LogP) is 2.61. The topological polar surface area (TPSA) is 21.3 Å². The Bertz CT molecular complexity index is 321. The van der Waals surface area contributed by atoms with Crippen molar-refractivity contribution in [1.29, 1.82) is 0 Å². The molecule has 0 radical (unpaired) electrons. The quantitative estimate of drug-likeness (QED) is 0.854. The molecule has 3 heteroatoms. The highest BCUT2D eigenvalue weighted by atomic mass is 32.1. The molecule has 0 aromatic carbocycles. The van der Waals surface area contributed by atoms with Crippen LogP contribution < -0.4 is 5.32 Å². The van der Waals surface area contributed by atoms with Gasteiger partial charge in [0.25, 0.3) is 0 Å². The normalized spacial score (nSPS) is 22.8. The summed E-state index contributed by atoms with van der Waals surface area (Å²) in [6.07, 6.45) is 1.44. The lowest BCUT2D eigenvalue weighted by Crippen LogP contribution is -2.40. The van der Waals surface area contributed by atoms with E-state index in [2.05, 4.69) is 30.6 Å². The first kappa shape index (κ1) is 11.1. The number of thiophene rings is 1. The summed E-state index contributed by atoms with van der Waals surface area (Å²) in [7, 11) is 1.81. The van der Waals surface area contributed by atoms with Crippen molar-refractivity contribution in [2.24, 2.45) is 5.92 Å². The van der Waals surface area contributed by atoms with Crippen LogP contribution in [0.4, 0.5) is 0 Å². The van der Waals surface area contributed by atoms with E-state index in [1.807, 2.05) is 18.4 Å². The summed E-state index contributed by atoms with van der Waals surface area (Å²) in [5.74, 6) is 0.540. The number of ether oxygens (including phenoxy) is 1. The standard InChI is InChI=1S/C12H19NOS/c1-8(2)12(14-3)11-9-5-7-15-10(9)4-6-13-11/h5,7-8,11-13H,4,6H2,1-3H3. The minimum atomic E-state index is 0.277. The van der Waals surface area contributed by atoms with E-state index in [4.69, 9.17) is 4.74 Å². The Kier molecular flexibility index (Phi) is 3.44. The summed E-state index contributed by atoms with van der Waals surface area (Å²) in [5, 5.41) is 5.77. The average Bonchev–Trinajstić information content (AvgIpc) is 2.66. The predicted molar refractivity (Wildman–Crippen MR) is 64.4 cm³/mol. The molecule has 1 aliphatic heterocycles. The summed E-state index contributed by atoms with van der Waals surface area (Å²) in [6, 6.07) is 2.62. The molecule has 2 unspecified atom stereocenters. The fourth-order valence-electron chi connectivity index (χ4n) is 2.37. The van der Waals surface area contributed by atoms with Gasteiger partial charge in [-0.2, -0.15) is 0 Å². The van der Waals surface area contributed by atoms with Crippen LogP contribution in [0.25, 0.3) is 0 Å². The zero-order valence-corrected chi connectivity index (χ0v) is 10.4. The summed E-state index contributed by atoms with van der Waals surface area (Å²) in [6.45, 7) is 5.51. The summed E-state index contributed by atoms with van der Waals surface area (Å²) < 4.78 is 5.62. The highest BCUT2D eigenvalue weighted by molar-refractivity contribution is 7.10. The third-order valence-electron chi connectivity index (χ3n) is 3.09. The molecule has 0 aliphatic carbocycles. The lowest BCUT2D eigenvalue weighted by atomic mass is 9.91. The monoisotopic (exact) mass is 225 g/mol. The smallest absolute Gasteiger partial charge is 0.0789 e. The van der Waals surface area contributed by atoms with Crippen molar-refractivity contribution in [3.63, 3.8) is 0 Å². The molecule has 2 atom stereocenters. The molecule has 2 nitrogen and oxygen atoms in total. The van der Waals surface area contributed by atoms with E-state index < -0.39 is 0 Å². The third-order valence-corrected chi connectivity index (χ3v) is 4.09. The van der Waals surface area contributed by atoms with Crippen molar-refractivity contribution in [2.75, 3.05) is 13.7 Å². The van der Waals surface area contributed by atoms with Gasteiger partial charge in [0, 0.05) is 18.5 Å². The van der Waals surface area contributed by atoms with Gasteiger partial charge in [-0.25, -0.2) is 0 Å². The molecule has 0 fully saturated rings. The number of methoxy groups -OCH3 is 1. The van der Waals surface area contributed by atoms with Gasteiger partial charge in [0.15, 0.2) is 0 Å². The van der Waals surface area contributed by atoms with E-state index in [1.165, 1.54) is 10.4 Å². The Hall–Kier alpha value is -0.380. The second kappa shape index (κ2) is 4.64. The van der Waals surface area contributed by atoms with E-state index in [9.17, 15) is 0 Å². The Balaban J connectivity index is 2.24. The number of rotatable bonds is 3. The molecule has 84 valence electrons. The van der Waals surface area contributed by atoms with Gasteiger partial charge < -0.3 is 10.1 Å². The van der Waals surface area contributed by atoms with Gasteiger partial charge in [-0.3, -0.25) is 0 Å². The molecule has 1 N–H and O–H groups in total. The number of hydrogen-bond donors (Lipinski definition) is 1. The van der Waals surface area contributed by atoms with E-state index in [0.717, 1.165) is 13.0 Å². The first-order chi connectivity index (χ1) is 7.24. The van der Waals surface area contributed by atoms with Crippen LogP contribution in [0, 0.1) is 5.92 Å². The van der Waals surface area contributed by atoms with Gasteiger partial charge in [0.2, 0.25) is 0 Å². The maximum absolute atomic E-state index is 5.62. The summed E-state index contributed by atoms with van der Waals surface area (Å²) >= 11 is 1.87. The number of nitrogens with one attached hydrogen (secondary N) is 1. The molecule has 1 aromatic heterocycles. The Morgan fingerprint density at radius 3 is 3.00 bits per heavy atom. The van der Waals surface area contributed by atoms with Gasteiger partial charge in [0.05, 0.1) is 12.1 Å².